The van der Waals surface area contributed by atoms with Crippen molar-refractivity contribution in [2.75, 3.05) is 27.2 Å². The Hall–Kier alpha value is -0.620. The van der Waals surface area contributed by atoms with E-state index < -0.39 is 5.60 Å². The topological polar surface area (TPSA) is 26.3 Å². The first-order valence-corrected chi connectivity index (χ1v) is 6.99. The molecule has 1 saturated heterocycles. The maximum Gasteiger partial charge on any atom is 0.306 e. The first-order valence-electron chi connectivity index (χ1n) is 6.99. The molecule has 0 N–H and O–H groups in total. The summed E-state index contributed by atoms with van der Waals surface area (Å²) in [6, 6.07) is 10.2. The van der Waals surface area contributed by atoms with E-state index in [1.54, 1.807) is 0 Å². The molecule has 2 atom stereocenters. The monoisotopic (exact) mass is 389 g/mol. The van der Waals surface area contributed by atoms with Crippen LogP contribution >= 0.6 is 0 Å². The highest BCUT2D eigenvalue weighted by atomic mass is 127. The lowest BCUT2D eigenvalue weighted by atomic mass is 9.85. The van der Waals surface area contributed by atoms with Crippen LogP contribution in [-0.2, 0) is 15.1 Å². The highest BCUT2D eigenvalue weighted by molar-refractivity contribution is 5.69. The minimum Gasteiger partial charge on any atom is -1.00 e. The maximum atomic E-state index is 11.9. The highest BCUT2D eigenvalue weighted by Gasteiger charge is 2.54. The molecule has 0 amide bonds. The van der Waals surface area contributed by atoms with Crippen molar-refractivity contribution in [3.05, 3.63) is 35.9 Å². The predicted molar refractivity (Wildman–Crippen MR) is 75.5 cm³/mol. The Bertz CT molecular complexity index is 461. The maximum absolute atomic E-state index is 11.9. The second-order valence-corrected chi connectivity index (χ2v) is 6.26. The Labute approximate surface area is 138 Å². The van der Waals surface area contributed by atoms with Crippen LogP contribution in [0.3, 0.4) is 0 Å². The predicted octanol–water partition coefficient (Wildman–Crippen LogP) is -0.435. The molecule has 1 aliphatic heterocycles. The number of likely N-dealkylation sites (tertiary alicyclic amines) is 1. The molecule has 112 valence electrons. The fourth-order valence-corrected chi connectivity index (χ4v) is 3.31. The lowest BCUT2D eigenvalue weighted by molar-refractivity contribution is -0.882. The van der Waals surface area contributed by atoms with Crippen LogP contribution in [0.2, 0.25) is 0 Å². The molecular weight excluding hydrogens is 365 g/mol. The number of hydrogen-bond donors (Lipinski definition) is 0. The van der Waals surface area contributed by atoms with Gasteiger partial charge >= 0.3 is 5.97 Å². The number of ether oxygens (including phenoxy) is 1. The zero-order valence-corrected chi connectivity index (χ0v) is 14.9. The number of halogens is 1. The number of carbonyl (C=O) groups is 1. The van der Waals surface area contributed by atoms with E-state index in [4.69, 9.17) is 4.74 Å². The Morgan fingerprint density at radius 3 is 2.40 bits per heavy atom. The van der Waals surface area contributed by atoms with Gasteiger partial charge in [0.1, 0.15) is 6.54 Å². The van der Waals surface area contributed by atoms with Crippen molar-refractivity contribution in [2.24, 2.45) is 5.92 Å². The Morgan fingerprint density at radius 2 is 1.95 bits per heavy atom. The standard InChI is InChI=1S/C16H24NO2.HI/c1-5-15(18)19-16(14-9-7-6-8-10-14)12-17(3,4)11-13(16)2;/h6-10,13H,5,11-12H2,1-4H3;1H/q+1;/p-1. The zero-order valence-electron chi connectivity index (χ0n) is 12.7. The molecule has 20 heavy (non-hydrogen) atoms. The van der Waals surface area contributed by atoms with E-state index >= 15 is 0 Å². The quantitative estimate of drug-likeness (QED) is 0.398. The van der Waals surface area contributed by atoms with Gasteiger partial charge in [0.05, 0.1) is 26.6 Å². The highest BCUT2D eigenvalue weighted by Crippen LogP contribution is 2.42. The molecule has 2 rings (SSSR count). The van der Waals surface area contributed by atoms with Gasteiger partial charge in [0, 0.05) is 12.0 Å². The average molecular weight is 389 g/mol. The summed E-state index contributed by atoms with van der Waals surface area (Å²) in [6.07, 6.45) is 0.425. The van der Waals surface area contributed by atoms with Crippen molar-refractivity contribution < 1.29 is 38.0 Å². The molecule has 3 nitrogen and oxygen atoms in total. The van der Waals surface area contributed by atoms with Gasteiger partial charge in [-0.3, -0.25) is 4.79 Å². The van der Waals surface area contributed by atoms with E-state index in [1.165, 1.54) is 0 Å². The first kappa shape index (κ1) is 17.4. The summed E-state index contributed by atoms with van der Waals surface area (Å²) in [7, 11) is 4.39. The van der Waals surface area contributed by atoms with Gasteiger partial charge < -0.3 is 33.2 Å². The molecule has 0 bridgehead atoms. The van der Waals surface area contributed by atoms with Crippen LogP contribution in [0.15, 0.2) is 30.3 Å². The molecule has 0 aliphatic carbocycles. The van der Waals surface area contributed by atoms with Gasteiger partial charge in [-0.2, -0.15) is 0 Å². The average Bonchev–Trinajstić information content (AvgIpc) is 2.60. The van der Waals surface area contributed by atoms with E-state index in [1.807, 2.05) is 25.1 Å². The molecule has 0 spiro atoms. The SMILES string of the molecule is CCC(=O)OC1(c2ccccc2)C[N+](C)(C)CC1C.[I-]. The van der Waals surface area contributed by atoms with Gasteiger partial charge in [0.2, 0.25) is 0 Å². The van der Waals surface area contributed by atoms with Crippen LogP contribution in [0.25, 0.3) is 0 Å². The lowest BCUT2D eigenvalue weighted by Crippen LogP contribution is -3.00. The zero-order chi connectivity index (χ0) is 14.1. The van der Waals surface area contributed by atoms with Crippen LogP contribution in [0.4, 0.5) is 0 Å². The van der Waals surface area contributed by atoms with Crippen molar-refractivity contribution in [1.82, 2.24) is 0 Å². The third-order valence-electron chi connectivity index (χ3n) is 4.07. The molecule has 0 aromatic heterocycles. The number of benzene rings is 1. The van der Waals surface area contributed by atoms with Gasteiger partial charge in [0.25, 0.3) is 0 Å². The van der Waals surface area contributed by atoms with Crippen molar-refractivity contribution >= 4 is 5.97 Å². The molecule has 1 aromatic carbocycles. The Balaban J connectivity index is 0.00000200. The van der Waals surface area contributed by atoms with E-state index in [-0.39, 0.29) is 29.9 Å². The first-order chi connectivity index (χ1) is 8.89. The fourth-order valence-electron chi connectivity index (χ4n) is 3.31. The lowest BCUT2D eigenvalue weighted by Gasteiger charge is -2.32. The number of hydrogen-bond acceptors (Lipinski definition) is 2. The summed E-state index contributed by atoms with van der Waals surface area (Å²) >= 11 is 0. The van der Waals surface area contributed by atoms with Crippen LogP contribution in [0, 0.1) is 5.92 Å². The number of nitrogens with zero attached hydrogens (tertiary/aromatic N) is 1. The molecule has 1 heterocycles. The summed E-state index contributed by atoms with van der Waals surface area (Å²) in [4.78, 5) is 11.9. The number of rotatable bonds is 3. The van der Waals surface area contributed by atoms with E-state index in [2.05, 4.69) is 33.2 Å². The number of carbonyl (C=O) groups excluding carboxylic acids is 1. The minimum atomic E-state index is -0.474. The normalized spacial score (nSPS) is 27.7. The third-order valence-corrected chi connectivity index (χ3v) is 4.07. The smallest absolute Gasteiger partial charge is 0.306 e. The summed E-state index contributed by atoms with van der Waals surface area (Å²) in [6.45, 7) is 5.89. The Morgan fingerprint density at radius 1 is 1.35 bits per heavy atom. The number of likely N-dealkylation sites (N-methyl/N-ethyl adjacent to an activating group) is 1. The van der Waals surface area contributed by atoms with E-state index in [9.17, 15) is 4.79 Å². The molecule has 1 fully saturated rings. The van der Waals surface area contributed by atoms with Crippen molar-refractivity contribution in [3.8, 4) is 0 Å². The van der Waals surface area contributed by atoms with Crippen LogP contribution < -0.4 is 24.0 Å². The molecular formula is C16H24INO2. The van der Waals surface area contributed by atoms with Crippen LogP contribution in [-0.4, -0.2) is 37.6 Å². The van der Waals surface area contributed by atoms with Gasteiger partial charge in [-0.05, 0) is 0 Å². The van der Waals surface area contributed by atoms with Crippen molar-refractivity contribution in [1.29, 1.82) is 0 Å². The Kier molecular flexibility index (Phi) is 5.61. The van der Waals surface area contributed by atoms with Gasteiger partial charge in [0.15, 0.2) is 5.60 Å². The van der Waals surface area contributed by atoms with E-state index in [0.717, 1.165) is 23.1 Å². The minimum absolute atomic E-state index is 0. The second-order valence-electron chi connectivity index (χ2n) is 6.26. The third kappa shape index (κ3) is 3.34. The van der Waals surface area contributed by atoms with Crippen LogP contribution in [0.1, 0.15) is 25.8 Å². The van der Waals surface area contributed by atoms with E-state index in [0.29, 0.717) is 12.3 Å². The molecule has 0 radical (unpaired) electrons. The summed E-state index contributed by atoms with van der Waals surface area (Å²) < 4.78 is 6.81. The van der Waals surface area contributed by atoms with Crippen molar-refractivity contribution in [2.45, 2.75) is 25.9 Å². The second kappa shape index (κ2) is 6.43. The molecule has 1 aliphatic rings. The molecule has 2 unspecified atom stereocenters. The molecule has 4 heteroatoms. The van der Waals surface area contributed by atoms with Gasteiger partial charge in [-0.25, -0.2) is 0 Å². The summed E-state index contributed by atoms with van der Waals surface area (Å²) in [5, 5.41) is 0. The van der Waals surface area contributed by atoms with Crippen LogP contribution in [0.5, 0.6) is 0 Å². The largest absolute Gasteiger partial charge is 1.00 e. The number of esters is 1. The van der Waals surface area contributed by atoms with Gasteiger partial charge in [-0.1, -0.05) is 44.2 Å². The van der Waals surface area contributed by atoms with Crippen molar-refractivity contribution in [3.63, 3.8) is 0 Å². The fraction of sp³-hybridized carbons (Fsp3) is 0.562. The van der Waals surface area contributed by atoms with Gasteiger partial charge in [-0.15, -0.1) is 0 Å². The molecule has 0 saturated carbocycles. The summed E-state index contributed by atoms with van der Waals surface area (Å²) in [5.41, 5.74) is 0.644. The molecule has 1 aromatic rings. The summed E-state index contributed by atoms with van der Waals surface area (Å²) in [5.74, 6) is 0.206. The number of quaternary nitrogens is 1.